The zero-order valence-electron chi connectivity index (χ0n) is 12.1. The number of anilines is 1. The first-order valence-corrected chi connectivity index (χ1v) is 7.60. The summed E-state index contributed by atoms with van der Waals surface area (Å²) in [6, 6.07) is 2.10. The molecule has 3 N–H and O–H groups in total. The lowest BCUT2D eigenvalue weighted by Gasteiger charge is -2.12. The first kappa shape index (κ1) is 14.0. The highest BCUT2D eigenvalue weighted by molar-refractivity contribution is 7.80. The summed E-state index contributed by atoms with van der Waals surface area (Å²) in [5.74, 6) is 0.798. The predicted molar refractivity (Wildman–Crippen MR) is 87.6 cm³/mol. The van der Waals surface area contributed by atoms with Crippen LogP contribution in [0.25, 0.3) is 0 Å². The normalized spacial score (nSPS) is 13.2. The number of thiocarbonyl (C=S) groups is 1. The summed E-state index contributed by atoms with van der Waals surface area (Å²) in [4.78, 5) is 5.10. The first-order valence-electron chi connectivity index (χ1n) is 7.19. The highest BCUT2D eigenvalue weighted by Crippen LogP contribution is 2.25. The van der Waals surface area contributed by atoms with E-state index >= 15 is 0 Å². The number of pyridine rings is 1. The lowest BCUT2D eigenvalue weighted by atomic mass is 10.1. The molecule has 0 amide bonds. The van der Waals surface area contributed by atoms with Gasteiger partial charge in [0, 0.05) is 18.4 Å². The molecule has 3 rings (SSSR count). The van der Waals surface area contributed by atoms with E-state index < -0.39 is 0 Å². The lowest BCUT2D eigenvalue weighted by Crippen LogP contribution is -2.18. The van der Waals surface area contributed by atoms with Crippen molar-refractivity contribution < 1.29 is 0 Å². The summed E-state index contributed by atoms with van der Waals surface area (Å²) in [6.07, 6.45) is 7.15. The largest absolute Gasteiger partial charge is 0.389 e. The topological polar surface area (TPSA) is 68.8 Å². The van der Waals surface area contributed by atoms with Crippen molar-refractivity contribution in [3.05, 3.63) is 40.8 Å². The van der Waals surface area contributed by atoms with Crippen molar-refractivity contribution in [3.8, 4) is 0 Å². The third-order valence-corrected chi connectivity index (χ3v) is 3.93. The Morgan fingerprint density at radius 2 is 2.33 bits per heavy atom. The van der Waals surface area contributed by atoms with Gasteiger partial charge in [-0.3, -0.25) is 4.68 Å². The molecule has 1 aliphatic rings. The van der Waals surface area contributed by atoms with E-state index in [1.54, 1.807) is 0 Å². The predicted octanol–water partition coefficient (Wildman–Crippen LogP) is 1.82. The van der Waals surface area contributed by atoms with E-state index in [1.807, 2.05) is 24.0 Å². The zero-order valence-corrected chi connectivity index (χ0v) is 12.9. The van der Waals surface area contributed by atoms with Crippen molar-refractivity contribution in [1.29, 1.82) is 0 Å². The van der Waals surface area contributed by atoms with Crippen molar-refractivity contribution in [3.63, 3.8) is 0 Å². The van der Waals surface area contributed by atoms with Crippen LogP contribution in [0.5, 0.6) is 0 Å². The van der Waals surface area contributed by atoms with Gasteiger partial charge in [-0.2, -0.15) is 5.10 Å². The molecule has 0 spiro atoms. The van der Waals surface area contributed by atoms with Gasteiger partial charge in [0.05, 0.1) is 18.3 Å². The van der Waals surface area contributed by atoms with Crippen molar-refractivity contribution in [2.45, 2.75) is 32.7 Å². The molecule has 0 saturated heterocycles. The quantitative estimate of drug-likeness (QED) is 0.825. The van der Waals surface area contributed by atoms with E-state index in [9.17, 15) is 0 Å². The minimum atomic E-state index is 0.398. The number of hydrogen-bond donors (Lipinski definition) is 2. The van der Waals surface area contributed by atoms with Gasteiger partial charge >= 0.3 is 0 Å². The summed E-state index contributed by atoms with van der Waals surface area (Å²) < 4.78 is 1.91. The highest BCUT2D eigenvalue weighted by atomic mass is 32.1. The van der Waals surface area contributed by atoms with Crippen LogP contribution in [0.2, 0.25) is 0 Å². The molecule has 0 radical (unpaired) electrons. The maximum Gasteiger partial charge on any atom is 0.136 e. The van der Waals surface area contributed by atoms with Gasteiger partial charge in [0.15, 0.2) is 0 Å². The van der Waals surface area contributed by atoms with E-state index in [1.165, 1.54) is 11.3 Å². The van der Waals surface area contributed by atoms with Crippen molar-refractivity contribution in [1.82, 2.24) is 14.8 Å². The monoisotopic (exact) mass is 301 g/mol. The SMILES string of the molecule is Cc1cnn(CCNc2nc3c(cc2C(N)=S)CCC3)c1. The Hall–Kier alpha value is -1.95. The molecular weight excluding hydrogens is 282 g/mol. The fourth-order valence-electron chi connectivity index (χ4n) is 2.67. The van der Waals surface area contributed by atoms with E-state index in [-0.39, 0.29) is 0 Å². The second-order valence-electron chi connectivity index (χ2n) is 5.42. The average molecular weight is 301 g/mol. The maximum absolute atomic E-state index is 5.83. The Bertz CT molecular complexity index is 677. The van der Waals surface area contributed by atoms with Crippen LogP contribution >= 0.6 is 12.2 Å². The Morgan fingerprint density at radius 1 is 1.48 bits per heavy atom. The van der Waals surface area contributed by atoms with E-state index in [2.05, 4.69) is 16.5 Å². The maximum atomic E-state index is 5.83. The number of hydrogen-bond acceptors (Lipinski definition) is 4. The van der Waals surface area contributed by atoms with Crippen LogP contribution in [0.1, 0.15) is 28.8 Å². The van der Waals surface area contributed by atoms with Crippen LogP contribution < -0.4 is 11.1 Å². The van der Waals surface area contributed by atoms with Gasteiger partial charge in [-0.05, 0) is 43.4 Å². The minimum Gasteiger partial charge on any atom is -0.389 e. The molecular formula is C15H19N5S. The minimum absolute atomic E-state index is 0.398. The zero-order chi connectivity index (χ0) is 14.8. The molecule has 1 aliphatic carbocycles. The highest BCUT2D eigenvalue weighted by Gasteiger charge is 2.17. The summed E-state index contributed by atoms with van der Waals surface area (Å²) >= 11 is 5.15. The van der Waals surface area contributed by atoms with Crippen molar-refractivity contribution in [2.75, 3.05) is 11.9 Å². The summed E-state index contributed by atoms with van der Waals surface area (Å²) in [6.45, 7) is 3.55. The molecule has 0 fully saturated rings. The molecule has 0 aliphatic heterocycles. The molecule has 21 heavy (non-hydrogen) atoms. The van der Waals surface area contributed by atoms with Crippen LogP contribution in [0, 0.1) is 6.92 Å². The van der Waals surface area contributed by atoms with E-state index in [4.69, 9.17) is 22.9 Å². The standard InChI is InChI=1S/C15H19N5S/c1-10-8-18-20(9-10)6-5-17-15-12(14(16)21)7-11-3-2-4-13(11)19-15/h7-9H,2-6H2,1H3,(H2,16,21)(H,17,19). The fraction of sp³-hybridized carbons (Fsp3) is 0.400. The molecule has 0 atom stereocenters. The number of nitrogens with one attached hydrogen (secondary N) is 1. The third-order valence-electron chi connectivity index (χ3n) is 3.71. The van der Waals surface area contributed by atoms with Gasteiger partial charge in [-0.1, -0.05) is 12.2 Å². The number of nitrogens with zero attached hydrogens (tertiary/aromatic N) is 3. The van der Waals surface area contributed by atoms with Crippen LogP contribution in [0.3, 0.4) is 0 Å². The molecule has 0 aromatic carbocycles. The van der Waals surface area contributed by atoms with E-state index in [0.717, 1.165) is 49.3 Å². The fourth-order valence-corrected chi connectivity index (χ4v) is 2.83. The molecule has 2 aromatic heterocycles. The summed E-state index contributed by atoms with van der Waals surface area (Å²) in [5.41, 5.74) is 10.3. The molecule has 6 heteroatoms. The summed E-state index contributed by atoms with van der Waals surface area (Å²) in [5, 5.41) is 7.61. The molecule has 2 aromatic rings. The summed E-state index contributed by atoms with van der Waals surface area (Å²) in [7, 11) is 0. The third kappa shape index (κ3) is 3.05. The Balaban J connectivity index is 1.73. The van der Waals surface area contributed by atoms with Gasteiger partial charge in [-0.15, -0.1) is 0 Å². The van der Waals surface area contributed by atoms with Crippen molar-refractivity contribution >= 4 is 23.0 Å². The number of rotatable bonds is 5. The van der Waals surface area contributed by atoms with Crippen LogP contribution in [0.4, 0.5) is 5.82 Å². The van der Waals surface area contributed by atoms with Crippen LogP contribution in [-0.4, -0.2) is 26.3 Å². The molecule has 110 valence electrons. The van der Waals surface area contributed by atoms with Crippen LogP contribution in [-0.2, 0) is 19.4 Å². The van der Waals surface area contributed by atoms with Gasteiger partial charge in [0.25, 0.3) is 0 Å². The van der Waals surface area contributed by atoms with Crippen molar-refractivity contribution in [2.24, 2.45) is 5.73 Å². The van der Waals surface area contributed by atoms with Gasteiger partial charge in [0.2, 0.25) is 0 Å². The lowest BCUT2D eigenvalue weighted by molar-refractivity contribution is 0.636. The Labute approximate surface area is 129 Å². The molecule has 2 heterocycles. The molecule has 0 saturated carbocycles. The number of nitrogens with two attached hydrogens (primary N) is 1. The number of aromatic nitrogens is 3. The average Bonchev–Trinajstić information content (AvgIpc) is 3.06. The number of fused-ring (bicyclic) bond motifs is 1. The van der Waals surface area contributed by atoms with Gasteiger partial charge in [0.1, 0.15) is 10.8 Å². The number of aryl methyl sites for hydroxylation is 3. The molecule has 5 nitrogen and oxygen atoms in total. The molecule has 0 bridgehead atoms. The van der Waals surface area contributed by atoms with Gasteiger partial charge < -0.3 is 11.1 Å². The Kier molecular flexibility index (Phi) is 3.88. The molecule has 0 unspecified atom stereocenters. The van der Waals surface area contributed by atoms with Gasteiger partial charge in [-0.25, -0.2) is 4.98 Å². The Morgan fingerprint density at radius 3 is 3.05 bits per heavy atom. The van der Waals surface area contributed by atoms with E-state index in [0.29, 0.717) is 4.99 Å². The second kappa shape index (κ2) is 5.81. The first-order chi connectivity index (χ1) is 10.1. The second-order valence-corrected chi connectivity index (χ2v) is 5.86. The van der Waals surface area contributed by atoms with Crippen LogP contribution in [0.15, 0.2) is 18.5 Å². The smallest absolute Gasteiger partial charge is 0.136 e.